The van der Waals surface area contributed by atoms with Gasteiger partial charge in [-0.3, -0.25) is 0 Å². The lowest BCUT2D eigenvalue weighted by atomic mass is 10.0. The molecule has 0 radical (unpaired) electrons. The molecule has 1 heterocycles. The summed E-state index contributed by atoms with van der Waals surface area (Å²) in [5.74, 6) is 1.48. The zero-order valence-corrected chi connectivity index (χ0v) is 12.5. The minimum absolute atomic E-state index is 0.556. The Bertz CT molecular complexity index is 711. The number of H-pyrrole nitrogens is 1. The van der Waals surface area contributed by atoms with Gasteiger partial charge in [-0.2, -0.15) is 0 Å². The van der Waals surface area contributed by atoms with Gasteiger partial charge < -0.3 is 4.98 Å². The minimum atomic E-state index is 0.556. The predicted molar refractivity (Wildman–Crippen MR) is 83.3 cm³/mol. The Morgan fingerprint density at radius 2 is 1.79 bits per heavy atom. The SMILES string of the molecule is CC(C)c1ccc(-c2nc3ccc(Br)cc3[nH]2)cc1. The Labute approximate surface area is 121 Å². The van der Waals surface area contributed by atoms with Crippen LogP contribution in [0.1, 0.15) is 25.3 Å². The van der Waals surface area contributed by atoms with Crippen molar-refractivity contribution in [2.75, 3.05) is 0 Å². The molecule has 0 aliphatic carbocycles. The smallest absolute Gasteiger partial charge is 0.138 e. The third kappa shape index (κ3) is 2.43. The summed E-state index contributed by atoms with van der Waals surface area (Å²) in [5.41, 5.74) is 4.52. The summed E-state index contributed by atoms with van der Waals surface area (Å²) < 4.78 is 1.06. The van der Waals surface area contributed by atoms with Crippen molar-refractivity contribution < 1.29 is 0 Å². The highest BCUT2D eigenvalue weighted by molar-refractivity contribution is 9.10. The summed E-state index contributed by atoms with van der Waals surface area (Å²) in [6.07, 6.45) is 0. The standard InChI is InChI=1S/C16H15BrN2/c1-10(2)11-3-5-12(6-4-11)16-18-14-8-7-13(17)9-15(14)19-16/h3-10H,1-2H3,(H,18,19). The van der Waals surface area contributed by atoms with Gasteiger partial charge in [-0.15, -0.1) is 0 Å². The number of aromatic amines is 1. The van der Waals surface area contributed by atoms with Crippen molar-refractivity contribution in [2.45, 2.75) is 19.8 Å². The van der Waals surface area contributed by atoms with Crippen molar-refractivity contribution in [1.29, 1.82) is 0 Å². The Balaban J connectivity index is 2.03. The van der Waals surface area contributed by atoms with Crippen LogP contribution in [-0.2, 0) is 0 Å². The van der Waals surface area contributed by atoms with Crippen molar-refractivity contribution in [1.82, 2.24) is 9.97 Å². The van der Waals surface area contributed by atoms with E-state index < -0.39 is 0 Å². The fraction of sp³-hybridized carbons (Fsp3) is 0.188. The second-order valence-corrected chi connectivity index (χ2v) is 5.94. The maximum Gasteiger partial charge on any atom is 0.138 e. The van der Waals surface area contributed by atoms with Crippen LogP contribution in [0.25, 0.3) is 22.4 Å². The molecule has 0 saturated heterocycles. The number of imidazole rings is 1. The van der Waals surface area contributed by atoms with Gasteiger partial charge in [0.2, 0.25) is 0 Å². The summed E-state index contributed by atoms with van der Waals surface area (Å²) in [6.45, 7) is 4.40. The number of hydrogen-bond acceptors (Lipinski definition) is 1. The first kappa shape index (κ1) is 12.4. The molecule has 3 aromatic rings. The van der Waals surface area contributed by atoms with E-state index in [4.69, 9.17) is 0 Å². The number of nitrogens with zero attached hydrogens (tertiary/aromatic N) is 1. The second-order valence-electron chi connectivity index (χ2n) is 5.02. The first-order valence-corrected chi connectivity index (χ1v) is 7.18. The molecule has 0 bridgehead atoms. The monoisotopic (exact) mass is 314 g/mol. The van der Waals surface area contributed by atoms with E-state index >= 15 is 0 Å². The molecule has 0 amide bonds. The van der Waals surface area contributed by atoms with E-state index in [1.165, 1.54) is 5.56 Å². The number of benzene rings is 2. The number of rotatable bonds is 2. The van der Waals surface area contributed by atoms with E-state index in [-0.39, 0.29) is 0 Å². The van der Waals surface area contributed by atoms with Crippen LogP contribution in [0.3, 0.4) is 0 Å². The lowest BCUT2D eigenvalue weighted by Crippen LogP contribution is -1.87. The topological polar surface area (TPSA) is 28.7 Å². The van der Waals surface area contributed by atoms with E-state index in [0.717, 1.165) is 26.9 Å². The van der Waals surface area contributed by atoms with Crippen LogP contribution in [0.5, 0.6) is 0 Å². The molecule has 1 aromatic heterocycles. The molecule has 0 unspecified atom stereocenters. The molecule has 0 saturated carbocycles. The highest BCUT2D eigenvalue weighted by Crippen LogP contribution is 2.24. The third-order valence-electron chi connectivity index (χ3n) is 3.29. The van der Waals surface area contributed by atoms with Crippen molar-refractivity contribution in [3.8, 4) is 11.4 Å². The first-order valence-electron chi connectivity index (χ1n) is 6.39. The number of aromatic nitrogens is 2. The molecule has 3 rings (SSSR count). The van der Waals surface area contributed by atoms with Crippen LogP contribution in [0.15, 0.2) is 46.9 Å². The number of fused-ring (bicyclic) bond motifs is 1. The summed E-state index contributed by atoms with van der Waals surface area (Å²) in [4.78, 5) is 7.98. The van der Waals surface area contributed by atoms with E-state index in [1.807, 2.05) is 18.2 Å². The van der Waals surface area contributed by atoms with Crippen LogP contribution < -0.4 is 0 Å². The Morgan fingerprint density at radius 3 is 2.47 bits per heavy atom. The molecule has 1 N–H and O–H groups in total. The molecule has 0 atom stereocenters. The maximum absolute atomic E-state index is 4.62. The molecule has 0 aliphatic rings. The summed E-state index contributed by atoms with van der Waals surface area (Å²) in [7, 11) is 0. The normalized spacial score (nSPS) is 11.4. The van der Waals surface area contributed by atoms with E-state index in [9.17, 15) is 0 Å². The Hall–Kier alpha value is -1.61. The molecule has 0 aliphatic heterocycles. The highest BCUT2D eigenvalue weighted by atomic mass is 79.9. The van der Waals surface area contributed by atoms with E-state index in [2.05, 4.69) is 64.0 Å². The number of nitrogens with one attached hydrogen (secondary N) is 1. The summed E-state index contributed by atoms with van der Waals surface area (Å²) in [5, 5.41) is 0. The Morgan fingerprint density at radius 1 is 1.05 bits per heavy atom. The van der Waals surface area contributed by atoms with Crippen molar-refractivity contribution in [2.24, 2.45) is 0 Å². The third-order valence-corrected chi connectivity index (χ3v) is 3.79. The quantitative estimate of drug-likeness (QED) is 0.699. The zero-order chi connectivity index (χ0) is 13.4. The fourth-order valence-electron chi connectivity index (χ4n) is 2.14. The molecule has 96 valence electrons. The molecule has 0 fully saturated rings. The van der Waals surface area contributed by atoms with Crippen LogP contribution in [-0.4, -0.2) is 9.97 Å². The van der Waals surface area contributed by atoms with E-state index in [0.29, 0.717) is 5.92 Å². The summed E-state index contributed by atoms with van der Waals surface area (Å²) in [6, 6.07) is 14.7. The minimum Gasteiger partial charge on any atom is -0.338 e. The largest absolute Gasteiger partial charge is 0.338 e. The molecule has 2 nitrogen and oxygen atoms in total. The first-order chi connectivity index (χ1) is 9.13. The van der Waals surface area contributed by atoms with Gasteiger partial charge in [0.05, 0.1) is 11.0 Å². The van der Waals surface area contributed by atoms with Gasteiger partial charge in [-0.1, -0.05) is 54.0 Å². The zero-order valence-electron chi connectivity index (χ0n) is 10.9. The van der Waals surface area contributed by atoms with Gasteiger partial charge in [0.1, 0.15) is 5.82 Å². The average molecular weight is 315 g/mol. The molecular formula is C16H15BrN2. The molecule has 2 aromatic carbocycles. The lowest BCUT2D eigenvalue weighted by molar-refractivity contribution is 0.867. The van der Waals surface area contributed by atoms with Crippen LogP contribution in [0.4, 0.5) is 0 Å². The molecule has 3 heteroatoms. The van der Waals surface area contributed by atoms with Gasteiger partial charge in [0.15, 0.2) is 0 Å². The van der Waals surface area contributed by atoms with Crippen LogP contribution in [0, 0.1) is 0 Å². The fourth-order valence-corrected chi connectivity index (χ4v) is 2.51. The number of hydrogen-bond donors (Lipinski definition) is 1. The highest BCUT2D eigenvalue weighted by Gasteiger charge is 2.06. The molecule has 19 heavy (non-hydrogen) atoms. The van der Waals surface area contributed by atoms with Crippen molar-refractivity contribution in [3.63, 3.8) is 0 Å². The van der Waals surface area contributed by atoms with E-state index in [1.54, 1.807) is 0 Å². The molecule has 0 spiro atoms. The second kappa shape index (κ2) is 4.82. The van der Waals surface area contributed by atoms with Gasteiger partial charge in [0.25, 0.3) is 0 Å². The number of halogens is 1. The Kier molecular flexibility index (Phi) is 3.15. The van der Waals surface area contributed by atoms with Gasteiger partial charge in [0, 0.05) is 10.0 Å². The van der Waals surface area contributed by atoms with Crippen LogP contribution >= 0.6 is 15.9 Å². The lowest BCUT2D eigenvalue weighted by Gasteiger charge is -2.05. The predicted octanol–water partition coefficient (Wildman–Crippen LogP) is 5.12. The molecular weight excluding hydrogens is 300 g/mol. The summed E-state index contributed by atoms with van der Waals surface area (Å²) >= 11 is 3.48. The average Bonchev–Trinajstić information content (AvgIpc) is 2.81. The van der Waals surface area contributed by atoms with Crippen molar-refractivity contribution >= 4 is 27.0 Å². The van der Waals surface area contributed by atoms with Gasteiger partial charge in [-0.25, -0.2) is 4.98 Å². The maximum atomic E-state index is 4.62. The van der Waals surface area contributed by atoms with Crippen molar-refractivity contribution in [3.05, 3.63) is 52.5 Å². The van der Waals surface area contributed by atoms with Crippen LogP contribution in [0.2, 0.25) is 0 Å². The van der Waals surface area contributed by atoms with Gasteiger partial charge >= 0.3 is 0 Å². The van der Waals surface area contributed by atoms with Gasteiger partial charge in [-0.05, 0) is 29.7 Å².